The Hall–Kier alpha value is -2.87. The number of nitrogens with zero attached hydrogens (tertiary/aromatic N) is 2. The number of fused-ring (bicyclic) bond motifs is 1. The van der Waals surface area contributed by atoms with E-state index in [1.165, 1.54) is 6.42 Å². The summed E-state index contributed by atoms with van der Waals surface area (Å²) in [4.78, 5) is 25.4. The van der Waals surface area contributed by atoms with Gasteiger partial charge < -0.3 is 10.6 Å². The Kier molecular flexibility index (Phi) is 5.63. The molecule has 164 valence electrons. The number of carbonyl (C=O) groups excluding carboxylic acids is 2. The second kappa shape index (κ2) is 8.70. The summed E-state index contributed by atoms with van der Waals surface area (Å²) in [5, 5.41) is 17.4. The highest BCUT2D eigenvalue weighted by Gasteiger charge is 2.40. The molecular formula is C23H30N6O2. The van der Waals surface area contributed by atoms with E-state index in [0.29, 0.717) is 5.82 Å². The molecule has 0 radical (unpaired) electrons. The van der Waals surface area contributed by atoms with Crippen molar-refractivity contribution in [2.24, 2.45) is 5.92 Å². The standard InChI is InChI=1S/C23H30N6O2/c30-21-17-12-7-13-18(17)25-22(27-21)29-20(14-19(28-29)15-8-3-1-4-9-15)26-23(31)24-16-10-5-2-6-11-16/h1,3-4,8-9,14,16-18,22,25H,2,5-7,10-13H2,(H,27,30)(H2,24,26,31). The number of urea groups is 1. The minimum atomic E-state index is -0.491. The molecule has 3 amide bonds. The number of hydrogen-bond acceptors (Lipinski definition) is 4. The lowest BCUT2D eigenvalue weighted by Gasteiger charge is -2.34. The highest BCUT2D eigenvalue weighted by molar-refractivity contribution is 5.89. The number of hydrogen-bond donors (Lipinski definition) is 4. The van der Waals surface area contributed by atoms with Crippen LogP contribution in [0.2, 0.25) is 0 Å². The SMILES string of the molecule is O=C(Nc1cc(-c2ccccc2)nn1C1NC(=O)C2CCCC2N1)NC1CCCCC1. The Bertz CT molecular complexity index is 937. The maximum atomic E-state index is 12.7. The van der Waals surface area contributed by atoms with E-state index in [-0.39, 0.29) is 29.9 Å². The van der Waals surface area contributed by atoms with Gasteiger partial charge in [-0.1, -0.05) is 56.0 Å². The predicted octanol–water partition coefficient (Wildman–Crippen LogP) is 3.35. The first-order valence-electron chi connectivity index (χ1n) is 11.5. The van der Waals surface area contributed by atoms with Gasteiger partial charge in [0.05, 0.1) is 11.6 Å². The monoisotopic (exact) mass is 422 g/mol. The topological polar surface area (TPSA) is 100 Å². The molecule has 2 aliphatic carbocycles. The zero-order valence-electron chi connectivity index (χ0n) is 17.6. The molecule has 1 aromatic heterocycles. The average Bonchev–Trinajstić information content (AvgIpc) is 3.42. The summed E-state index contributed by atoms with van der Waals surface area (Å²) in [5.74, 6) is 0.633. The summed E-state index contributed by atoms with van der Waals surface area (Å²) in [6.45, 7) is 0. The van der Waals surface area contributed by atoms with Crippen molar-refractivity contribution in [3.63, 3.8) is 0 Å². The van der Waals surface area contributed by atoms with E-state index in [1.54, 1.807) is 4.68 Å². The van der Waals surface area contributed by atoms with Crippen molar-refractivity contribution in [1.29, 1.82) is 0 Å². The van der Waals surface area contributed by atoms with Gasteiger partial charge in [0, 0.05) is 23.7 Å². The Morgan fingerprint density at radius 1 is 1.03 bits per heavy atom. The first-order valence-corrected chi connectivity index (χ1v) is 11.5. The fourth-order valence-electron chi connectivity index (χ4n) is 5.11. The first kappa shape index (κ1) is 20.1. The lowest BCUT2D eigenvalue weighted by Crippen LogP contribution is -2.57. The van der Waals surface area contributed by atoms with Gasteiger partial charge in [0.2, 0.25) is 5.91 Å². The molecule has 1 saturated heterocycles. The van der Waals surface area contributed by atoms with Crippen LogP contribution in [0.5, 0.6) is 0 Å². The van der Waals surface area contributed by atoms with Gasteiger partial charge in [-0.25, -0.2) is 9.48 Å². The molecule has 2 heterocycles. The molecule has 2 aromatic rings. The van der Waals surface area contributed by atoms with E-state index in [0.717, 1.165) is 56.2 Å². The van der Waals surface area contributed by atoms with Gasteiger partial charge in [0.1, 0.15) is 5.82 Å². The molecule has 2 saturated carbocycles. The molecule has 1 aliphatic heterocycles. The van der Waals surface area contributed by atoms with Crippen LogP contribution in [-0.4, -0.2) is 33.8 Å². The third kappa shape index (κ3) is 4.30. The van der Waals surface area contributed by atoms with Crippen LogP contribution in [0.1, 0.15) is 57.7 Å². The molecule has 4 N–H and O–H groups in total. The molecule has 3 aliphatic rings. The Labute approximate surface area is 182 Å². The van der Waals surface area contributed by atoms with Gasteiger partial charge in [0.25, 0.3) is 0 Å². The fraction of sp³-hybridized carbons (Fsp3) is 0.522. The maximum absolute atomic E-state index is 12.7. The van der Waals surface area contributed by atoms with Crippen molar-refractivity contribution in [2.45, 2.75) is 69.7 Å². The van der Waals surface area contributed by atoms with Crippen LogP contribution in [-0.2, 0) is 4.79 Å². The summed E-state index contributed by atoms with van der Waals surface area (Å²) in [6.07, 6.45) is 8.04. The molecule has 0 spiro atoms. The van der Waals surface area contributed by atoms with Crippen LogP contribution in [0.15, 0.2) is 36.4 Å². The number of amides is 3. The summed E-state index contributed by atoms with van der Waals surface area (Å²) in [7, 11) is 0. The van der Waals surface area contributed by atoms with E-state index in [4.69, 9.17) is 5.10 Å². The van der Waals surface area contributed by atoms with Crippen LogP contribution in [0.4, 0.5) is 10.6 Å². The molecule has 1 aromatic carbocycles. The van der Waals surface area contributed by atoms with Crippen molar-refractivity contribution in [2.75, 3.05) is 5.32 Å². The summed E-state index contributed by atoms with van der Waals surface area (Å²) in [6, 6.07) is 11.8. The fourth-order valence-corrected chi connectivity index (χ4v) is 5.11. The molecular weight excluding hydrogens is 392 g/mol. The van der Waals surface area contributed by atoms with E-state index >= 15 is 0 Å². The Morgan fingerprint density at radius 3 is 2.65 bits per heavy atom. The smallest absolute Gasteiger partial charge is 0.320 e. The first-order chi connectivity index (χ1) is 15.2. The van der Waals surface area contributed by atoms with Crippen molar-refractivity contribution < 1.29 is 9.59 Å². The normalized spacial score (nSPS) is 26.2. The van der Waals surface area contributed by atoms with Crippen molar-refractivity contribution in [1.82, 2.24) is 25.7 Å². The predicted molar refractivity (Wildman–Crippen MR) is 118 cm³/mol. The highest BCUT2D eigenvalue weighted by atomic mass is 16.2. The number of rotatable bonds is 4. The molecule has 8 heteroatoms. The van der Waals surface area contributed by atoms with E-state index < -0.39 is 6.29 Å². The second-order valence-corrected chi connectivity index (χ2v) is 8.88. The Balaban J connectivity index is 1.39. The lowest BCUT2D eigenvalue weighted by atomic mass is 9.96. The molecule has 3 unspecified atom stereocenters. The minimum absolute atomic E-state index is 0.0198. The third-order valence-electron chi connectivity index (χ3n) is 6.74. The number of benzene rings is 1. The van der Waals surface area contributed by atoms with E-state index in [9.17, 15) is 9.59 Å². The number of anilines is 1. The quantitative estimate of drug-likeness (QED) is 0.607. The lowest BCUT2D eigenvalue weighted by molar-refractivity contribution is -0.130. The highest BCUT2D eigenvalue weighted by Crippen LogP contribution is 2.32. The number of aromatic nitrogens is 2. The van der Waals surface area contributed by atoms with Crippen molar-refractivity contribution in [3.05, 3.63) is 36.4 Å². The van der Waals surface area contributed by atoms with Crippen LogP contribution in [0.3, 0.4) is 0 Å². The molecule has 3 fully saturated rings. The van der Waals surface area contributed by atoms with Gasteiger partial charge in [0.15, 0.2) is 6.29 Å². The van der Waals surface area contributed by atoms with E-state index in [2.05, 4.69) is 21.3 Å². The third-order valence-corrected chi connectivity index (χ3v) is 6.74. The van der Waals surface area contributed by atoms with Gasteiger partial charge in [-0.3, -0.25) is 15.4 Å². The van der Waals surface area contributed by atoms with Gasteiger partial charge in [-0.2, -0.15) is 5.10 Å². The maximum Gasteiger partial charge on any atom is 0.320 e. The summed E-state index contributed by atoms with van der Waals surface area (Å²) in [5.41, 5.74) is 1.70. The van der Waals surface area contributed by atoms with Gasteiger partial charge >= 0.3 is 6.03 Å². The largest absolute Gasteiger partial charge is 0.335 e. The average molecular weight is 423 g/mol. The van der Waals surface area contributed by atoms with Crippen LogP contribution >= 0.6 is 0 Å². The molecule has 31 heavy (non-hydrogen) atoms. The molecule has 8 nitrogen and oxygen atoms in total. The Morgan fingerprint density at radius 2 is 1.84 bits per heavy atom. The second-order valence-electron chi connectivity index (χ2n) is 8.88. The molecule has 3 atom stereocenters. The molecule has 5 rings (SSSR count). The van der Waals surface area contributed by atoms with Crippen molar-refractivity contribution in [3.8, 4) is 11.3 Å². The van der Waals surface area contributed by atoms with E-state index in [1.807, 2.05) is 36.4 Å². The minimum Gasteiger partial charge on any atom is -0.335 e. The zero-order valence-corrected chi connectivity index (χ0v) is 17.6. The molecule has 0 bridgehead atoms. The van der Waals surface area contributed by atoms with Gasteiger partial charge in [-0.15, -0.1) is 0 Å². The van der Waals surface area contributed by atoms with Gasteiger partial charge in [-0.05, 0) is 25.7 Å². The number of nitrogens with one attached hydrogen (secondary N) is 4. The van der Waals surface area contributed by atoms with Crippen LogP contribution in [0.25, 0.3) is 11.3 Å². The van der Waals surface area contributed by atoms with Crippen LogP contribution < -0.4 is 21.3 Å². The number of carbonyl (C=O) groups is 2. The van der Waals surface area contributed by atoms with Crippen molar-refractivity contribution >= 4 is 17.8 Å². The zero-order chi connectivity index (χ0) is 21.2. The summed E-state index contributed by atoms with van der Waals surface area (Å²) >= 11 is 0. The summed E-state index contributed by atoms with van der Waals surface area (Å²) < 4.78 is 1.69. The van der Waals surface area contributed by atoms with Crippen LogP contribution in [0, 0.1) is 5.92 Å².